The van der Waals surface area contributed by atoms with Gasteiger partial charge in [-0.3, -0.25) is 4.79 Å². The summed E-state index contributed by atoms with van der Waals surface area (Å²) >= 11 is 0. The van der Waals surface area contributed by atoms with Gasteiger partial charge in [-0.05, 0) is 44.7 Å². The maximum Gasteiger partial charge on any atom is 0.235 e. The van der Waals surface area contributed by atoms with Crippen LogP contribution in [0.15, 0.2) is 36.4 Å². The van der Waals surface area contributed by atoms with E-state index >= 15 is 0 Å². The largest absolute Gasteiger partial charge is 0.478 e. The zero-order valence-electron chi connectivity index (χ0n) is 16.7. The highest BCUT2D eigenvalue weighted by Gasteiger charge is 2.42. The maximum atomic E-state index is 13.3. The van der Waals surface area contributed by atoms with E-state index in [1.807, 2.05) is 25.1 Å². The molecule has 4 heteroatoms. The minimum atomic E-state index is -0.436. The first-order chi connectivity index (χ1) is 13.0. The molecule has 2 aromatic rings. The van der Waals surface area contributed by atoms with Crippen LogP contribution in [0.3, 0.4) is 0 Å². The molecule has 1 aliphatic rings. The van der Waals surface area contributed by atoms with E-state index in [2.05, 4.69) is 42.3 Å². The van der Waals surface area contributed by atoms with E-state index in [9.17, 15) is 4.79 Å². The lowest BCUT2D eigenvalue weighted by Crippen LogP contribution is -2.38. The molecular weight excluding hydrogens is 336 g/mol. The predicted octanol–water partition coefficient (Wildman–Crippen LogP) is 5.33. The summed E-state index contributed by atoms with van der Waals surface area (Å²) in [6, 6.07) is 12.1. The Kier molecular flexibility index (Phi) is 6.15. The molecule has 0 bridgehead atoms. The number of nitrogens with zero attached hydrogens (tertiary/aromatic N) is 1. The van der Waals surface area contributed by atoms with E-state index in [-0.39, 0.29) is 5.91 Å². The monoisotopic (exact) mass is 366 g/mol. The van der Waals surface area contributed by atoms with Gasteiger partial charge in [0.25, 0.3) is 0 Å². The van der Waals surface area contributed by atoms with Crippen LogP contribution in [-0.4, -0.2) is 17.5 Å². The lowest BCUT2D eigenvalue weighted by atomic mass is 9.77. The average Bonchev–Trinajstić information content (AvgIpc) is 3.15. The van der Waals surface area contributed by atoms with Crippen LogP contribution in [0, 0.1) is 13.8 Å². The van der Waals surface area contributed by atoms with Crippen molar-refractivity contribution in [1.82, 2.24) is 4.98 Å². The molecule has 0 saturated heterocycles. The zero-order valence-corrected chi connectivity index (χ0v) is 16.7. The van der Waals surface area contributed by atoms with Crippen molar-refractivity contribution in [2.75, 3.05) is 11.9 Å². The summed E-state index contributed by atoms with van der Waals surface area (Å²) in [5, 5.41) is 3.15. The van der Waals surface area contributed by atoms with Crippen molar-refractivity contribution in [3.8, 4) is 5.88 Å². The van der Waals surface area contributed by atoms with Crippen LogP contribution < -0.4 is 10.1 Å². The van der Waals surface area contributed by atoms with E-state index in [4.69, 9.17) is 4.74 Å². The van der Waals surface area contributed by atoms with Gasteiger partial charge < -0.3 is 10.1 Å². The molecule has 1 heterocycles. The average molecular weight is 367 g/mol. The highest BCUT2D eigenvalue weighted by molar-refractivity contribution is 5.99. The molecule has 1 amide bonds. The molecule has 1 aromatic carbocycles. The molecule has 1 saturated carbocycles. The van der Waals surface area contributed by atoms with Crippen molar-refractivity contribution >= 4 is 11.6 Å². The van der Waals surface area contributed by atoms with Crippen LogP contribution in [0.5, 0.6) is 5.88 Å². The number of anilines is 1. The number of pyridine rings is 1. The normalized spacial score (nSPS) is 15.5. The first-order valence-corrected chi connectivity index (χ1v) is 10.0. The summed E-state index contributed by atoms with van der Waals surface area (Å²) in [4.78, 5) is 17.8. The van der Waals surface area contributed by atoms with Gasteiger partial charge in [-0.25, -0.2) is 4.98 Å². The van der Waals surface area contributed by atoms with Crippen molar-refractivity contribution < 1.29 is 9.53 Å². The van der Waals surface area contributed by atoms with E-state index in [1.54, 1.807) is 0 Å². The van der Waals surface area contributed by atoms with Crippen molar-refractivity contribution in [3.63, 3.8) is 0 Å². The second kappa shape index (κ2) is 8.55. The lowest BCUT2D eigenvalue weighted by Gasteiger charge is -2.29. The highest BCUT2D eigenvalue weighted by atomic mass is 16.5. The van der Waals surface area contributed by atoms with Crippen molar-refractivity contribution in [3.05, 3.63) is 53.2 Å². The molecule has 1 aromatic heterocycles. The number of rotatable bonds is 7. The Morgan fingerprint density at radius 1 is 1.19 bits per heavy atom. The number of aryl methyl sites for hydroxylation is 2. The first-order valence-electron chi connectivity index (χ1n) is 10.0. The van der Waals surface area contributed by atoms with Crippen molar-refractivity contribution in [2.24, 2.45) is 0 Å². The number of hydrogen-bond donors (Lipinski definition) is 1. The summed E-state index contributed by atoms with van der Waals surface area (Å²) in [5.74, 6) is 0.698. The Morgan fingerprint density at radius 2 is 1.96 bits per heavy atom. The maximum absolute atomic E-state index is 13.3. The third-order valence-corrected chi connectivity index (χ3v) is 5.52. The van der Waals surface area contributed by atoms with Gasteiger partial charge >= 0.3 is 0 Å². The van der Waals surface area contributed by atoms with E-state index in [0.29, 0.717) is 12.5 Å². The number of carbonyl (C=O) groups excluding carboxylic acids is 1. The highest BCUT2D eigenvalue weighted by Crippen LogP contribution is 2.42. The molecule has 3 rings (SSSR count). The number of carbonyl (C=O) groups is 1. The Hall–Kier alpha value is -2.36. The van der Waals surface area contributed by atoms with Gasteiger partial charge in [0.15, 0.2) is 0 Å². The third kappa shape index (κ3) is 4.32. The summed E-state index contributed by atoms with van der Waals surface area (Å²) in [7, 11) is 0. The number of ether oxygens (including phenoxy) is 1. The minimum Gasteiger partial charge on any atom is -0.478 e. The van der Waals surface area contributed by atoms with Gasteiger partial charge in [0.05, 0.1) is 23.4 Å². The van der Waals surface area contributed by atoms with Gasteiger partial charge in [-0.15, -0.1) is 0 Å². The first kappa shape index (κ1) is 19.4. The Morgan fingerprint density at radius 3 is 2.63 bits per heavy atom. The van der Waals surface area contributed by atoms with Gasteiger partial charge in [0.1, 0.15) is 0 Å². The van der Waals surface area contributed by atoms with Crippen LogP contribution in [0.4, 0.5) is 5.69 Å². The molecular formula is C23H30N2O2. The molecule has 1 N–H and O–H groups in total. The fraction of sp³-hybridized carbons (Fsp3) is 0.478. The van der Waals surface area contributed by atoms with Crippen molar-refractivity contribution in [1.29, 1.82) is 0 Å². The number of amides is 1. The molecule has 0 unspecified atom stereocenters. The molecule has 0 atom stereocenters. The standard InChI is InChI=1S/C23H30N2O2/c1-4-5-15-27-21-12-11-20(18(3)24-21)25-22(26)23(13-6-7-14-23)19-10-8-9-17(2)16-19/h8-12,16H,4-7,13-15H2,1-3H3,(H,25,26). The van der Waals surface area contributed by atoms with Gasteiger partial charge in [0, 0.05) is 6.07 Å². The van der Waals surface area contributed by atoms with Crippen LogP contribution in [0.25, 0.3) is 0 Å². The molecule has 27 heavy (non-hydrogen) atoms. The van der Waals surface area contributed by atoms with E-state index < -0.39 is 5.41 Å². The van der Waals surface area contributed by atoms with Gasteiger partial charge in [0.2, 0.25) is 11.8 Å². The molecule has 0 aliphatic heterocycles. The summed E-state index contributed by atoms with van der Waals surface area (Å²) in [6.45, 7) is 6.80. The number of benzene rings is 1. The fourth-order valence-electron chi connectivity index (χ4n) is 3.88. The Labute approximate surface area is 162 Å². The van der Waals surface area contributed by atoms with Crippen LogP contribution in [-0.2, 0) is 10.2 Å². The predicted molar refractivity (Wildman–Crippen MR) is 109 cm³/mol. The number of aromatic nitrogens is 1. The summed E-state index contributed by atoms with van der Waals surface area (Å²) < 4.78 is 5.67. The molecule has 1 aliphatic carbocycles. The van der Waals surface area contributed by atoms with Gasteiger partial charge in [-0.2, -0.15) is 0 Å². The SMILES string of the molecule is CCCCOc1ccc(NC(=O)C2(c3cccc(C)c3)CCCC2)c(C)n1. The number of unbranched alkanes of at least 4 members (excludes halogenated alkanes) is 1. The minimum absolute atomic E-state index is 0.0788. The molecule has 144 valence electrons. The zero-order chi connectivity index (χ0) is 19.3. The molecule has 1 fully saturated rings. The smallest absolute Gasteiger partial charge is 0.235 e. The number of nitrogens with one attached hydrogen (secondary N) is 1. The Balaban J connectivity index is 1.78. The van der Waals surface area contributed by atoms with Crippen LogP contribution in [0.2, 0.25) is 0 Å². The van der Waals surface area contributed by atoms with Crippen LogP contribution in [0.1, 0.15) is 62.3 Å². The fourth-order valence-corrected chi connectivity index (χ4v) is 3.88. The number of hydrogen-bond acceptors (Lipinski definition) is 3. The topological polar surface area (TPSA) is 51.2 Å². The van der Waals surface area contributed by atoms with E-state index in [0.717, 1.165) is 55.5 Å². The Bertz CT molecular complexity index is 795. The van der Waals surface area contributed by atoms with Crippen molar-refractivity contribution in [2.45, 2.75) is 64.7 Å². The second-order valence-electron chi connectivity index (χ2n) is 7.60. The molecule has 0 spiro atoms. The summed E-state index contributed by atoms with van der Waals surface area (Å²) in [5.41, 5.74) is 3.44. The molecule has 4 nitrogen and oxygen atoms in total. The van der Waals surface area contributed by atoms with Gasteiger partial charge in [-0.1, -0.05) is 56.0 Å². The molecule has 0 radical (unpaired) electrons. The van der Waals surface area contributed by atoms with Crippen LogP contribution >= 0.6 is 0 Å². The van der Waals surface area contributed by atoms with E-state index in [1.165, 1.54) is 5.56 Å². The second-order valence-corrected chi connectivity index (χ2v) is 7.60. The third-order valence-electron chi connectivity index (χ3n) is 5.52. The quantitative estimate of drug-likeness (QED) is 0.674. The lowest BCUT2D eigenvalue weighted by molar-refractivity contribution is -0.121. The summed E-state index contributed by atoms with van der Waals surface area (Å²) in [6.07, 6.45) is 6.07.